The first-order valence-corrected chi connectivity index (χ1v) is 12.9. The second-order valence-electron chi connectivity index (χ2n) is 10.7. The van der Waals surface area contributed by atoms with Crippen LogP contribution in [0.3, 0.4) is 0 Å². The molecule has 0 radical (unpaired) electrons. The molecule has 0 atom stereocenters. The third-order valence-electron chi connectivity index (χ3n) is 6.02. The Bertz CT molecular complexity index is 1320. The van der Waals surface area contributed by atoms with E-state index in [1.807, 2.05) is 82.2 Å². The van der Waals surface area contributed by atoms with Crippen molar-refractivity contribution in [2.45, 2.75) is 52.2 Å². The first-order valence-electron chi connectivity index (χ1n) is 12.1. The lowest BCUT2D eigenvalue weighted by molar-refractivity contribution is -0.160. The van der Waals surface area contributed by atoms with Gasteiger partial charge < -0.3 is 10.1 Å². The molecule has 1 heterocycles. The monoisotopic (exact) mass is 503 g/mol. The van der Waals surface area contributed by atoms with Gasteiger partial charge >= 0.3 is 5.97 Å². The van der Waals surface area contributed by atoms with Crippen molar-refractivity contribution in [2.24, 2.45) is 5.41 Å². The standard InChI is InChI=1S/C29H33N3O3S/c1-28(2,3)35-26(33)18-29(16-21-10-6-7-11-22(21)17-29)27(34)30-19-25-31-23-13-12-20(15-24(23)36-25)9-8-14-32(4)5/h6-7,10-13,15H,14,16-19H2,1-5H3,(H,30,34). The van der Waals surface area contributed by atoms with Crippen LogP contribution < -0.4 is 5.32 Å². The fourth-order valence-electron chi connectivity index (χ4n) is 4.48. The maximum Gasteiger partial charge on any atom is 0.307 e. The molecule has 4 rings (SSSR count). The van der Waals surface area contributed by atoms with Crippen molar-refractivity contribution < 1.29 is 14.3 Å². The molecule has 0 spiro atoms. The van der Waals surface area contributed by atoms with Crippen molar-refractivity contribution in [2.75, 3.05) is 20.6 Å². The van der Waals surface area contributed by atoms with Crippen LogP contribution in [0.5, 0.6) is 0 Å². The lowest BCUT2D eigenvalue weighted by Gasteiger charge is -2.28. The van der Waals surface area contributed by atoms with E-state index in [1.54, 1.807) is 11.3 Å². The van der Waals surface area contributed by atoms with Crippen LogP contribution in [0.2, 0.25) is 0 Å². The number of carbonyl (C=O) groups is 2. The summed E-state index contributed by atoms with van der Waals surface area (Å²) in [5, 5.41) is 3.89. The van der Waals surface area contributed by atoms with E-state index in [4.69, 9.17) is 4.74 Å². The van der Waals surface area contributed by atoms with Gasteiger partial charge in [-0.1, -0.05) is 36.1 Å². The van der Waals surface area contributed by atoms with Gasteiger partial charge in [0.25, 0.3) is 0 Å². The lowest BCUT2D eigenvalue weighted by atomic mass is 9.80. The molecule has 7 heteroatoms. The van der Waals surface area contributed by atoms with E-state index in [9.17, 15) is 9.59 Å². The van der Waals surface area contributed by atoms with Gasteiger partial charge in [0.1, 0.15) is 10.6 Å². The highest BCUT2D eigenvalue weighted by molar-refractivity contribution is 7.18. The summed E-state index contributed by atoms with van der Waals surface area (Å²) in [5.74, 6) is 5.84. The zero-order valence-corrected chi connectivity index (χ0v) is 22.4. The van der Waals surface area contributed by atoms with Gasteiger partial charge in [-0.25, -0.2) is 4.98 Å². The molecule has 0 aliphatic heterocycles. The van der Waals surface area contributed by atoms with E-state index < -0.39 is 11.0 Å². The van der Waals surface area contributed by atoms with Crippen LogP contribution >= 0.6 is 11.3 Å². The van der Waals surface area contributed by atoms with Crippen molar-refractivity contribution in [1.82, 2.24) is 15.2 Å². The van der Waals surface area contributed by atoms with E-state index in [-0.39, 0.29) is 18.3 Å². The van der Waals surface area contributed by atoms with Gasteiger partial charge in [-0.3, -0.25) is 14.5 Å². The van der Waals surface area contributed by atoms with Gasteiger partial charge in [-0.2, -0.15) is 0 Å². The molecule has 0 saturated heterocycles. The summed E-state index contributed by atoms with van der Waals surface area (Å²) in [4.78, 5) is 33.1. The first-order chi connectivity index (χ1) is 17.0. The molecule has 1 aliphatic carbocycles. The largest absolute Gasteiger partial charge is 0.460 e. The minimum Gasteiger partial charge on any atom is -0.460 e. The molecule has 0 saturated carbocycles. The third-order valence-corrected chi connectivity index (χ3v) is 7.04. The molecule has 1 aliphatic rings. The Balaban J connectivity index is 1.49. The summed E-state index contributed by atoms with van der Waals surface area (Å²) >= 11 is 1.55. The van der Waals surface area contributed by atoms with Gasteiger partial charge in [0.05, 0.1) is 35.1 Å². The predicted molar refractivity (Wildman–Crippen MR) is 144 cm³/mol. The molecule has 188 valence electrons. The van der Waals surface area contributed by atoms with E-state index in [0.717, 1.165) is 31.9 Å². The normalized spacial score (nSPS) is 14.3. The molecular formula is C29H33N3O3S. The van der Waals surface area contributed by atoms with Crippen LogP contribution in [0, 0.1) is 17.3 Å². The highest BCUT2D eigenvalue weighted by Gasteiger charge is 2.46. The van der Waals surface area contributed by atoms with Crippen molar-refractivity contribution in [3.8, 4) is 11.8 Å². The van der Waals surface area contributed by atoms with Crippen LogP contribution in [-0.2, 0) is 33.7 Å². The molecule has 2 aromatic carbocycles. The Labute approximate surface area is 217 Å². The van der Waals surface area contributed by atoms with Crippen molar-refractivity contribution in [1.29, 1.82) is 0 Å². The average Bonchev–Trinajstić information content (AvgIpc) is 3.36. The molecule has 1 aromatic heterocycles. The number of rotatable bonds is 6. The fraction of sp³-hybridized carbons (Fsp3) is 0.414. The molecule has 6 nitrogen and oxygen atoms in total. The minimum atomic E-state index is -0.863. The number of nitrogens with one attached hydrogen (secondary N) is 1. The first kappa shape index (κ1) is 25.9. The maximum atomic E-state index is 13.6. The van der Waals surface area contributed by atoms with E-state index in [2.05, 4.69) is 22.1 Å². The molecule has 1 N–H and O–H groups in total. The molecular weight excluding hydrogens is 470 g/mol. The number of nitrogens with zero attached hydrogens (tertiary/aromatic N) is 2. The number of hydrogen-bond donors (Lipinski definition) is 1. The summed E-state index contributed by atoms with van der Waals surface area (Å²) in [5.41, 5.74) is 2.59. The van der Waals surface area contributed by atoms with Crippen molar-refractivity contribution in [3.05, 3.63) is 64.2 Å². The quantitative estimate of drug-likeness (QED) is 0.400. The Morgan fingerprint density at radius 3 is 2.47 bits per heavy atom. The number of aromatic nitrogens is 1. The second kappa shape index (κ2) is 10.4. The number of hydrogen-bond acceptors (Lipinski definition) is 6. The number of fused-ring (bicyclic) bond motifs is 2. The Hall–Kier alpha value is -3.21. The van der Waals surface area contributed by atoms with E-state index >= 15 is 0 Å². The Kier molecular flexibility index (Phi) is 7.49. The van der Waals surface area contributed by atoms with Crippen LogP contribution in [0.1, 0.15) is 48.9 Å². The zero-order valence-electron chi connectivity index (χ0n) is 21.6. The van der Waals surface area contributed by atoms with Crippen LogP contribution in [0.15, 0.2) is 42.5 Å². The van der Waals surface area contributed by atoms with Crippen LogP contribution in [-0.4, -0.2) is 48.0 Å². The van der Waals surface area contributed by atoms with E-state index in [0.29, 0.717) is 25.9 Å². The van der Waals surface area contributed by atoms with E-state index in [1.165, 1.54) is 0 Å². The predicted octanol–water partition coefficient (Wildman–Crippen LogP) is 4.34. The Morgan fingerprint density at radius 1 is 1.14 bits per heavy atom. The Morgan fingerprint density at radius 2 is 1.83 bits per heavy atom. The number of ether oxygens (including phenoxy) is 1. The van der Waals surface area contributed by atoms with Gasteiger partial charge in [-0.15, -0.1) is 11.3 Å². The van der Waals surface area contributed by atoms with Crippen LogP contribution in [0.25, 0.3) is 10.2 Å². The number of thiazole rings is 1. The zero-order chi connectivity index (χ0) is 25.9. The summed E-state index contributed by atoms with van der Waals surface area (Å²) in [6.45, 7) is 6.54. The summed E-state index contributed by atoms with van der Waals surface area (Å²) < 4.78 is 6.62. The fourth-order valence-corrected chi connectivity index (χ4v) is 5.43. The van der Waals surface area contributed by atoms with Gasteiger partial charge in [0.2, 0.25) is 5.91 Å². The van der Waals surface area contributed by atoms with Gasteiger partial charge in [0.15, 0.2) is 0 Å². The highest BCUT2D eigenvalue weighted by atomic mass is 32.1. The SMILES string of the molecule is CN(C)CC#Cc1ccc2nc(CNC(=O)C3(CC(=O)OC(C)(C)C)Cc4ccccc4C3)sc2c1. The molecule has 3 aromatic rings. The van der Waals surface area contributed by atoms with Gasteiger partial charge in [-0.05, 0) is 77.0 Å². The number of esters is 1. The third kappa shape index (κ3) is 6.31. The molecule has 36 heavy (non-hydrogen) atoms. The molecule has 0 unspecified atom stereocenters. The number of carbonyl (C=O) groups excluding carboxylic acids is 2. The average molecular weight is 504 g/mol. The van der Waals surface area contributed by atoms with Crippen LogP contribution in [0.4, 0.5) is 0 Å². The summed E-state index contributed by atoms with van der Waals surface area (Å²) in [7, 11) is 3.98. The molecule has 1 amide bonds. The topological polar surface area (TPSA) is 71.5 Å². The molecule has 0 bridgehead atoms. The number of amides is 1. The minimum absolute atomic E-state index is 0.0413. The summed E-state index contributed by atoms with van der Waals surface area (Å²) in [6, 6.07) is 14.0. The highest BCUT2D eigenvalue weighted by Crippen LogP contribution is 2.41. The molecule has 0 fully saturated rings. The smallest absolute Gasteiger partial charge is 0.307 e. The lowest BCUT2D eigenvalue weighted by Crippen LogP contribution is -2.44. The van der Waals surface area contributed by atoms with Crippen molar-refractivity contribution in [3.63, 3.8) is 0 Å². The van der Waals surface area contributed by atoms with Crippen molar-refractivity contribution >= 4 is 33.4 Å². The van der Waals surface area contributed by atoms with Gasteiger partial charge in [0, 0.05) is 5.56 Å². The number of benzene rings is 2. The second-order valence-corrected chi connectivity index (χ2v) is 11.8. The maximum absolute atomic E-state index is 13.6. The summed E-state index contributed by atoms with van der Waals surface area (Å²) in [6.07, 6.45) is 1.08.